The van der Waals surface area contributed by atoms with E-state index in [2.05, 4.69) is 22.6 Å². The molecule has 0 saturated carbocycles. The van der Waals surface area contributed by atoms with E-state index in [1.807, 2.05) is 45.0 Å². The maximum absolute atomic E-state index is 11.8. The first-order chi connectivity index (χ1) is 7.31. The summed E-state index contributed by atoms with van der Waals surface area (Å²) in [5, 5.41) is 0. The summed E-state index contributed by atoms with van der Waals surface area (Å²) in [6.07, 6.45) is -0.336. The molecule has 0 saturated heterocycles. The predicted octanol–water partition coefficient (Wildman–Crippen LogP) is 3.66. The van der Waals surface area contributed by atoms with Gasteiger partial charge in [-0.2, -0.15) is 0 Å². The molecule has 0 aliphatic rings. The average Bonchev–Trinajstić information content (AvgIpc) is 2.15. The van der Waals surface area contributed by atoms with E-state index >= 15 is 0 Å². The molecular formula is C12H16INO2. The van der Waals surface area contributed by atoms with Gasteiger partial charge < -0.3 is 4.74 Å². The van der Waals surface area contributed by atoms with Gasteiger partial charge in [0.15, 0.2) is 0 Å². The summed E-state index contributed by atoms with van der Waals surface area (Å²) in [7, 11) is 1.71. The van der Waals surface area contributed by atoms with Crippen molar-refractivity contribution in [2.24, 2.45) is 0 Å². The molecule has 0 fully saturated rings. The van der Waals surface area contributed by atoms with E-state index in [0.717, 1.165) is 9.26 Å². The summed E-state index contributed by atoms with van der Waals surface area (Å²) in [6, 6.07) is 7.69. The number of para-hydroxylation sites is 1. The van der Waals surface area contributed by atoms with Crippen LogP contribution >= 0.6 is 22.6 Å². The molecule has 88 valence electrons. The van der Waals surface area contributed by atoms with Gasteiger partial charge in [-0.3, -0.25) is 4.90 Å². The summed E-state index contributed by atoms with van der Waals surface area (Å²) >= 11 is 2.20. The van der Waals surface area contributed by atoms with Crippen molar-refractivity contribution in [3.8, 4) is 0 Å². The molecular weight excluding hydrogens is 317 g/mol. The molecule has 0 unspecified atom stereocenters. The van der Waals surface area contributed by atoms with E-state index in [1.165, 1.54) is 4.90 Å². The zero-order chi connectivity index (χ0) is 12.3. The molecule has 0 spiro atoms. The van der Waals surface area contributed by atoms with Crippen LogP contribution in [0.1, 0.15) is 20.8 Å². The van der Waals surface area contributed by atoms with Crippen LogP contribution in [0.25, 0.3) is 0 Å². The monoisotopic (exact) mass is 333 g/mol. The van der Waals surface area contributed by atoms with E-state index < -0.39 is 5.60 Å². The highest BCUT2D eigenvalue weighted by atomic mass is 127. The molecule has 0 N–H and O–H groups in total. The van der Waals surface area contributed by atoms with Crippen LogP contribution in [0.3, 0.4) is 0 Å². The highest BCUT2D eigenvalue weighted by Gasteiger charge is 2.21. The Morgan fingerprint density at radius 2 is 1.88 bits per heavy atom. The van der Waals surface area contributed by atoms with E-state index in [1.54, 1.807) is 7.05 Å². The minimum atomic E-state index is -0.467. The van der Waals surface area contributed by atoms with Crippen LogP contribution in [0.5, 0.6) is 0 Å². The van der Waals surface area contributed by atoms with Crippen LogP contribution in [0.4, 0.5) is 10.5 Å². The fourth-order valence-electron chi connectivity index (χ4n) is 1.15. The van der Waals surface area contributed by atoms with Crippen molar-refractivity contribution in [1.82, 2.24) is 0 Å². The van der Waals surface area contributed by atoms with Crippen molar-refractivity contribution >= 4 is 34.4 Å². The Morgan fingerprint density at radius 3 is 2.38 bits per heavy atom. The van der Waals surface area contributed by atoms with Crippen molar-refractivity contribution in [2.75, 3.05) is 11.9 Å². The largest absolute Gasteiger partial charge is 0.443 e. The number of amides is 1. The van der Waals surface area contributed by atoms with Gasteiger partial charge in [-0.1, -0.05) is 12.1 Å². The fourth-order valence-corrected chi connectivity index (χ4v) is 1.90. The minimum Gasteiger partial charge on any atom is -0.443 e. The van der Waals surface area contributed by atoms with Crippen LogP contribution in [-0.4, -0.2) is 18.7 Å². The van der Waals surface area contributed by atoms with Gasteiger partial charge >= 0.3 is 6.09 Å². The predicted molar refractivity (Wildman–Crippen MR) is 73.8 cm³/mol. The minimum absolute atomic E-state index is 0.336. The van der Waals surface area contributed by atoms with Gasteiger partial charge in [-0.25, -0.2) is 4.79 Å². The van der Waals surface area contributed by atoms with Gasteiger partial charge in [0.05, 0.1) is 5.69 Å². The summed E-state index contributed by atoms with van der Waals surface area (Å²) in [6.45, 7) is 5.57. The number of benzene rings is 1. The van der Waals surface area contributed by atoms with Crippen molar-refractivity contribution in [1.29, 1.82) is 0 Å². The van der Waals surface area contributed by atoms with Crippen molar-refractivity contribution in [3.05, 3.63) is 27.8 Å². The third-order valence-corrected chi connectivity index (χ3v) is 2.79. The van der Waals surface area contributed by atoms with Crippen molar-refractivity contribution < 1.29 is 9.53 Å². The van der Waals surface area contributed by atoms with Gasteiger partial charge in [0.25, 0.3) is 0 Å². The molecule has 0 heterocycles. The Hall–Kier alpha value is -0.780. The molecule has 0 aliphatic heterocycles. The number of nitrogens with zero attached hydrogens (tertiary/aromatic N) is 1. The van der Waals surface area contributed by atoms with Crippen LogP contribution in [0.15, 0.2) is 24.3 Å². The number of carbonyl (C=O) groups excluding carboxylic acids is 1. The van der Waals surface area contributed by atoms with E-state index in [4.69, 9.17) is 4.74 Å². The molecule has 0 aromatic heterocycles. The first-order valence-corrected chi connectivity index (χ1v) is 6.10. The summed E-state index contributed by atoms with van der Waals surface area (Å²) < 4.78 is 6.31. The zero-order valence-electron chi connectivity index (χ0n) is 9.95. The first kappa shape index (κ1) is 13.3. The molecule has 0 radical (unpaired) electrons. The van der Waals surface area contributed by atoms with Crippen LogP contribution < -0.4 is 4.90 Å². The number of anilines is 1. The van der Waals surface area contributed by atoms with Gasteiger partial charge in [0.2, 0.25) is 0 Å². The quantitative estimate of drug-likeness (QED) is 0.734. The summed E-state index contributed by atoms with van der Waals surface area (Å²) in [5.41, 5.74) is 0.392. The van der Waals surface area contributed by atoms with Gasteiger partial charge in [-0.15, -0.1) is 0 Å². The average molecular weight is 333 g/mol. The second-order valence-corrected chi connectivity index (χ2v) is 5.65. The standard InChI is InChI=1S/C12H16INO2/c1-12(2,3)16-11(15)14(4)10-8-6-5-7-9(10)13/h5-8H,1-4H3. The van der Waals surface area contributed by atoms with Crippen LogP contribution in [-0.2, 0) is 4.74 Å². The van der Waals surface area contributed by atoms with Crippen molar-refractivity contribution in [3.63, 3.8) is 0 Å². The fraction of sp³-hybridized carbons (Fsp3) is 0.417. The molecule has 0 bridgehead atoms. The topological polar surface area (TPSA) is 29.5 Å². The smallest absolute Gasteiger partial charge is 0.414 e. The molecule has 4 heteroatoms. The number of rotatable bonds is 1. The lowest BCUT2D eigenvalue weighted by Gasteiger charge is -2.25. The molecule has 1 aromatic carbocycles. The van der Waals surface area contributed by atoms with Gasteiger partial charge in [-0.05, 0) is 55.5 Å². The third-order valence-electron chi connectivity index (χ3n) is 1.88. The lowest BCUT2D eigenvalue weighted by molar-refractivity contribution is 0.0589. The molecule has 16 heavy (non-hydrogen) atoms. The number of halogens is 1. The molecule has 0 atom stereocenters. The van der Waals surface area contributed by atoms with E-state index in [9.17, 15) is 4.79 Å². The number of hydrogen-bond acceptors (Lipinski definition) is 2. The van der Waals surface area contributed by atoms with Crippen LogP contribution in [0, 0.1) is 3.57 Å². The van der Waals surface area contributed by atoms with Gasteiger partial charge in [0, 0.05) is 10.6 Å². The second kappa shape index (κ2) is 5.03. The van der Waals surface area contributed by atoms with Crippen molar-refractivity contribution in [2.45, 2.75) is 26.4 Å². The lowest BCUT2D eigenvalue weighted by atomic mass is 10.2. The molecule has 1 aromatic rings. The summed E-state index contributed by atoms with van der Waals surface area (Å²) in [4.78, 5) is 13.3. The summed E-state index contributed by atoms with van der Waals surface area (Å²) in [5.74, 6) is 0. The Bertz CT molecular complexity index is 385. The normalized spacial score (nSPS) is 11.1. The highest BCUT2D eigenvalue weighted by Crippen LogP contribution is 2.22. The maximum Gasteiger partial charge on any atom is 0.414 e. The Balaban J connectivity index is 2.83. The molecule has 0 aliphatic carbocycles. The Morgan fingerprint density at radius 1 is 1.31 bits per heavy atom. The van der Waals surface area contributed by atoms with E-state index in [-0.39, 0.29) is 6.09 Å². The number of hydrogen-bond donors (Lipinski definition) is 0. The van der Waals surface area contributed by atoms with E-state index in [0.29, 0.717) is 0 Å². The Kier molecular flexibility index (Phi) is 4.18. The molecule has 3 nitrogen and oxygen atoms in total. The second-order valence-electron chi connectivity index (χ2n) is 4.49. The zero-order valence-corrected chi connectivity index (χ0v) is 12.1. The maximum atomic E-state index is 11.8. The first-order valence-electron chi connectivity index (χ1n) is 5.02. The van der Waals surface area contributed by atoms with Gasteiger partial charge in [0.1, 0.15) is 5.60 Å². The number of carbonyl (C=O) groups is 1. The molecule has 1 rings (SSSR count). The lowest BCUT2D eigenvalue weighted by Crippen LogP contribution is -2.34. The van der Waals surface area contributed by atoms with Crippen LogP contribution in [0.2, 0.25) is 0 Å². The third kappa shape index (κ3) is 3.66. The number of ether oxygens (including phenoxy) is 1. The Labute approximate surface area is 110 Å². The SMILES string of the molecule is CN(C(=O)OC(C)(C)C)c1ccccc1I. The highest BCUT2D eigenvalue weighted by molar-refractivity contribution is 14.1. The molecule has 1 amide bonds.